The predicted octanol–water partition coefficient (Wildman–Crippen LogP) is 7.54. The Bertz CT molecular complexity index is 1690. The van der Waals surface area contributed by atoms with Crippen LogP contribution in [0.4, 0.5) is 11.4 Å². The van der Waals surface area contributed by atoms with Crippen molar-refractivity contribution in [3.8, 4) is 0 Å². The molecule has 0 saturated carbocycles. The SMILES string of the molecule is CCOC(=O)c1ccc(NC(=O)C(CC)Sc2cccc(NC(=O)/C(=C\c3cccc(Br)c3)NC(=O)c3ccccc3)c2)cc1. The summed E-state index contributed by atoms with van der Waals surface area (Å²) in [6.45, 7) is 3.94. The smallest absolute Gasteiger partial charge is 0.338 e. The Morgan fingerprint density at radius 3 is 2.22 bits per heavy atom. The number of esters is 1. The van der Waals surface area contributed by atoms with Crippen molar-refractivity contribution in [2.75, 3.05) is 17.2 Å². The van der Waals surface area contributed by atoms with Gasteiger partial charge in [-0.2, -0.15) is 0 Å². The van der Waals surface area contributed by atoms with Crippen LogP contribution in [0.2, 0.25) is 0 Å². The van der Waals surface area contributed by atoms with Gasteiger partial charge in [-0.3, -0.25) is 14.4 Å². The Hall–Kier alpha value is -4.67. The second kappa shape index (κ2) is 16.4. The summed E-state index contributed by atoms with van der Waals surface area (Å²) in [4.78, 5) is 52.2. The lowest BCUT2D eigenvalue weighted by Gasteiger charge is -2.16. The van der Waals surface area contributed by atoms with Crippen LogP contribution in [0.25, 0.3) is 6.08 Å². The Balaban J connectivity index is 1.46. The summed E-state index contributed by atoms with van der Waals surface area (Å²) >= 11 is 4.81. The maximum Gasteiger partial charge on any atom is 0.338 e. The third-order valence-corrected chi connectivity index (χ3v) is 8.24. The number of nitrogens with one attached hydrogen (secondary N) is 3. The van der Waals surface area contributed by atoms with Crippen molar-refractivity contribution >= 4 is 68.8 Å². The van der Waals surface area contributed by atoms with E-state index in [2.05, 4.69) is 31.9 Å². The quantitative estimate of drug-likeness (QED) is 0.0807. The van der Waals surface area contributed by atoms with Crippen LogP contribution in [-0.2, 0) is 14.3 Å². The number of amides is 3. The number of ether oxygens (including phenoxy) is 1. The highest BCUT2D eigenvalue weighted by Gasteiger charge is 2.20. The van der Waals surface area contributed by atoms with E-state index in [1.165, 1.54) is 11.8 Å². The summed E-state index contributed by atoms with van der Waals surface area (Å²) in [5.74, 6) is -1.52. The summed E-state index contributed by atoms with van der Waals surface area (Å²) in [7, 11) is 0. The average Bonchev–Trinajstić information content (AvgIpc) is 3.04. The average molecular weight is 687 g/mol. The number of benzene rings is 4. The molecule has 0 spiro atoms. The van der Waals surface area contributed by atoms with E-state index in [9.17, 15) is 19.2 Å². The van der Waals surface area contributed by atoms with E-state index < -0.39 is 23.0 Å². The molecule has 1 unspecified atom stereocenters. The lowest BCUT2D eigenvalue weighted by atomic mass is 10.1. The third-order valence-electron chi connectivity index (χ3n) is 6.39. The first kappa shape index (κ1) is 33.2. The molecule has 4 rings (SSSR count). The molecule has 0 bridgehead atoms. The van der Waals surface area contributed by atoms with Crippen LogP contribution < -0.4 is 16.0 Å². The van der Waals surface area contributed by atoms with E-state index in [1.54, 1.807) is 79.7 Å². The zero-order valence-corrected chi connectivity index (χ0v) is 27.1. The van der Waals surface area contributed by atoms with Crippen LogP contribution in [-0.4, -0.2) is 35.5 Å². The van der Waals surface area contributed by atoms with Crippen molar-refractivity contribution in [3.63, 3.8) is 0 Å². The molecule has 3 amide bonds. The van der Waals surface area contributed by atoms with Gasteiger partial charge < -0.3 is 20.7 Å². The van der Waals surface area contributed by atoms with Gasteiger partial charge in [-0.25, -0.2) is 4.79 Å². The lowest BCUT2D eigenvalue weighted by Crippen LogP contribution is -2.30. The largest absolute Gasteiger partial charge is 0.462 e. The Kier molecular flexibility index (Phi) is 12.1. The van der Waals surface area contributed by atoms with E-state index in [0.29, 0.717) is 28.9 Å². The molecule has 0 aliphatic heterocycles. The molecule has 4 aromatic rings. The van der Waals surface area contributed by atoms with Gasteiger partial charge in [0.15, 0.2) is 0 Å². The first-order valence-corrected chi connectivity index (χ1v) is 15.9. The topological polar surface area (TPSA) is 114 Å². The van der Waals surface area contributed by atoms with Gasteiger partial charge in [0.2, 0.25) is 5.91 Å². The second-order valence-electron chi connectivity index (χ2n) is 9.72. The number of carbonyl (C=O) groups excluding carboxylic acids is 4. The summed E-state index contributed by atoms with van der Waals surface area (Å²) in [5.41, 5.74) is 2.69. The molecule has 0 aliphatic rings. The van der Waals surface area contributed by atoms with Crippen molar-refractivity contribution in [2.24, 2.45) is 0 Å². The molecule has 1 atom stereocenters. The molecule has 8 nitrogen and oxygen atoms in total. The third kappa shape index (κ3) is 9.92. The van der Waals surface area contributed by atoms with Gasteiger partial charge in [-0.05, 0) is 91.7 Å². The molecular formula is C35H32BrN3O5S. The van der Waals surface area contributed by atoms with Gasteiger partial charge in [0, 0.05) is 26.3 Å². The van der Waals surface area contributed by atoms with Crippen molar-refractivity contribution in [3.05, 3.63) is 130 Å². The first-order valence-electron chi connectivity index (χ1n) is 14.3. The number of hydrogen-bond acceptors (Lipinski definition) is 6. The number of carbonyl (C=O) groups is 4. The number of anilines is 2. The molecule has 230 valence electrons. The van der Waals surface area contributed by atoms with Crippen molar-refractivity contribution in [1.82, 2.24) is 5.32 Å². The summed E-state index contributed by atoms with van der Waals surface area (Å²) in [6.07, 6.45) is 2.16. The minimum absolute atomic E-state index is 0.0693. The Morgan fingerprint density at radius 1 is 0.800 bits per heavy atom. The van der Waals surface area contributed by atoms with Crippen LogP contribution in [0, 0.1) is 0 Å². The normalized spacial score (nSPS) is 11.7. The van der Waals surface area contributed by atoms with E-state index in [1.807, 2.05) is 43.3 Å². The predicted molar refractivity (Wildman–Crippen MR) is 182 cm³/mol. The highest BCUT2D eigenvalue weighted by molar-refractivity contribution is 9.10. The Labute approximate surface area is 274 Å². The molecule has 0 fully saturated rings. The zero-order chi connectivity index (χ0) is 32.2. The number of hydrogen-bond donors (Lipinski definition) is 3. The van der Waals surface area contributed by atoms with Crippen LogP contribution >= 0.6 is 27.7 Å². The van der Waals surface area contributed by atoms with Crippen LogP contribution in [0.15, 0.2) is 118 Å². The molecular weight excluding hydrogens is 654 g/mol. The molecule has 10 heteroatoms. The molecule has 0 aromatic heterocycles. The van der Waals surface area contributed by atoms with Gasteiger partial charge in [0.25, 0.3) is 11.8 Å². The first-order chi connectivity index (χ1) is 21.7. The van der Waals surface area contributed by atoms with E-state index >= 15 is 0 Å². The van der Waals surface area contributed by atoms with Gasteiger partial charge in [-0.15, -0.1) is 11.8 Å². The fourth-order valence-electron chi connectivity index (χ4n) is 4.16. The number of rotatable bonds is 12. The minimum Gasteiger partial charge on any atom is -0.462 e. The molecule has 0 aliphatic carbocycles. The highest BCUT2D eigenvalue weighted by atomic mass is 79.9. The molecule has 45 heavy (non-hydrogen) atoms. The molecule has 4 aromatic carbocycles. The van der Waals surface area contributed by atoms with Gasteiger partial charge >= 0.3 is 5.97 Å². The fraction of sp³-hybridized carbons (Fsp3) is 0.143. The van der Waals surface area contributed by atoms with Gasteiger partial charge in [-0.1, -0.05) is 59.3 Å². The highest BCUT2D eigenvalue weighted by Crippen LogP contribution is 2.29. The second-order valence-corrected chi connectivity index (χ2v) is 11.9. The number of halogens is 1. The minimum atomic E-state index is -0.502. The molecule has 0 heterocycles. The maximum atomic E-state index is 13.5. The van der Waals surface area contributed by atoms with Crippen molar-refractivity contribution in [2.45, 2.75) is 30.4 Å². The molecule has 0 radical (unpaired) electrons. The Morgan fingerprint density at radius 2 is 1.53 bits per heavy atom. The van der Waals surface area contributed by atoms with E-state index in [-0.39, 0.29) is 18.2 Å². The standard InChI is InChI=1S/C35H32BrN3O5S/c1-3-31(34(42)37-27-18-16-25(17-19-27)35(43)44-4-2)45-29-15-9-14-28(22-29)38-33(41)30(21-23-10-8-13-26(36)20-23)39-32(40)24-11-6-5-7-12-24/h5-22,31H,3-4H2,1-2H3,(H,37,42)(H,38,41)(H,39,40)/b30-21+. The van der Waals surface area contributed by atoms with Crippen LogP contribution in [0.3, 0.4) is 0 Å². The zero-order valence-electron chi connectivity index (χ0n) is 24.7. The van der Waals surface area contributed by atoms with E-state index in [4.69, 9.17) is 4.74 Å². The number of thioether (sulfide) groups is 1. The monoisotopic (exact) mass is 685 g/mol. The summed E-state index contributed by atoms with van der Waals surface area (Å²) in [5, 5.41) is 8.10. The van der Waals surface area contributed by atoms with E-state index in [0.717, 1.165) is 14.9 Å². The van der Waals surface area contributed by atoms with Gasteiger partial charge in [0.1, 0.15) is 5.70 Å². The van der Waals surface area contributed by atoms with Crippen molar-refractivity contribution < 1.29 is 23.9 Å². The van der Waals surface area contributed by atoms with Crippen LogP contribution in [0.5, 0.6) is 0 Å². The fourth-order valence-corrected chi connectivity index (χ4v) is 5.59. The van der Waals surface area contributed by atoms with Gasteiger partial charge in [0.05, 0.1) is 17.4 Å². The van der Waals surface area contributed by atoms with Crippen molar-refractivity contribution in [1.29, 1.82) is 0 Å². The lowest BCUT2D eigenvalue weighted by molar-refractivity contribution is -0.116. The summed E-state index contributed by atoms with van der Waals surface area (Å²) < 4.78 is 5.84. The summed E-state index contributed by atoms with van der Waals surface area (Å²) in [6, 6.07) is 29.7. The molecule has 3 N–H and O–H groups in total. The maximum absolute atomic E-state index is 13.5. The van der Waals surface area contributed by atoms with Crippen LogP contribution in [0.1, 0.15) is 46.5 Å². The molecule has 0 saturated heterocycles.